The van der Waals surface area contributed by atoms with Crippen LogP contribution >= 0.6 is 0 Å². The molecule has 0 radical (unpaired) electrons. The van der Waals surface area contributed by atoms with Gasteiger partial charge in [0.05, 0.1) is 4.90 Å². The molecule has 146 valence electrons. The van der Waals surface area contributed by atoms with Gasteiger partial charge in [0.1, 0.15) is 13.2 Å². The molecule has 0 bridgehead atoms. The Kier molecular flexibility index (Phi) is 4.83. The van der Waals surface area contributed by atoms with Crippen molar-refractivity contribution in [1.29, 1.82) is 0 Å². The number of hydrogen-bond acceptors (Lipinski definition) is 6. The van der Waals surface area contributed by atoms with Crippen LogP contribution in [0.4, 0.5) is 0 Å². The number of rotatable bonds is 5. The quantitative estimate of drug-likeness (QED) is 0.720. The van der Waals surface area contributed by atoms with Crippen LogP contribution in [0.2, 0.25) is 0 Å². The van der Waals surface area contributed by atoms with E-state index in [1.54, 1.807) is 17.0 Å². The smallest absolute Gasteiger partial charge is 0.243 e. The van der Waals surface area contributed by atoms with Crippen LogP contribution in [-0.2, 0) is 14.8 Å². The molecule has 0 spiro atoms. The van der Waals surface area contributed by atoms with Gasteiger partial charge in [0, 0.05) is 45.2 Å². The van der Waals surface area contributed by atoms with Crippen LogP contribution in [0.1, 0.15) is 6.42 Å². The molecule has 0 atom stereocenters. The molecule has 9 heteroatoms. The Labute approximate surface area is 158 Å². The topological polar surface area (TPSA) is 88.2 Å². The van der Waals surface area contributed by atoms with Crippen LogP contribution in [0.5, 0.6) is 11.5 Å². The molecule has 1 amide bonds. The lowest BCUT2D eigenvalue weighted by Crippen LogP contribution is -2.37. The maximum Gasteiger partial charge on any atom is 0.243 e. The fourth-order valence-electron chi connectivity index (χ4n) is 3.62. The van der Waals surface area contributed by atoms with Crippen LogP contribution in [0.15, 0.2) is 34.2 Å². The third-order valence-electron chi connectivity index (χ3n) is 5.09. The number of sulfonamides is 1. The summed E-state index contributed by atoms with van der Waals surface area (Å²) in [7, 11) is -1.81. The van der Waals surface area contributed by atoms with E-state index in [0.29, 0.717) is 63.9 Å². The second-order valence-electron chi connectivity index (χ2n) is 6.89. The van der Waals surface area contributed by atoms with Crippen LogP contribution in [0.25, 0.3) is 0 Å². The lowest BCUT2D eigenvalue weighted by molar-refractivity contribution is -0.129. The van der Waals surface area contributed by atoms with Gasteiger partial charge in [0.25, 0.3) is 0 Å². The summed E-state index contributed by atoms with van der Waals surface area (Å²) in [5, 5.41) is 2.97. The number of nitrogens with zero attached hydrogens (tertiary/aromatic N) is 2. The summed E-state index contributed by atoms with van der Waals surface area (Å²) < 4.78 is 38.5. The normalized spacial score (nSPS) is 19.5. The first kappa shape index (κ1) is 18.3. The molecule has 0 aromatic heterocycles. The Morgan fingerprint density at radius 1 is 1.07 bits per heavy atom. The van der Waals surface area contributed by atoms with Gasteiger partial charge >= 0.3 is 0 Å². The molecule has 1 N–H and O–H groups in total. The Bertz CT molecular complexity index is 878. The fraction of sp³-hybridized carbons (Fsp3) is 0.500. The second kappa shape index (κ2) is 7.14. The summed E-state index contributed by atoms with van der Waals surface area (Å²) in [6.45, 7) is 3.23. The highest BCUT2D eigenvalue weighted by molar-refractivity contribution is 7.89. The van der Waals surface area contributed by atoms with E-state index in [4.69, 9.17) is 9.47 Å². The number of ether oxygens (including phenoxy) is 2. The minimum atomic E-state index is -3.62. The molecular formula is C18H23N3O5S. The third kappa shape index (κ3) is 3.42. The van der Waals surface area contributed by atoms with Gasteiger partial charge in [-0.3, -0.25) is 4.79 Å². The fourth-order valence-corrected chi connectivity index (χ4v) is 5.06. The largest absolute Gasteiger partial charge is 0.486 e. The summed E-state index contributed by atoms with van der Waals surface area (Å²) in [6, 6.07) is 4.72. The predicted octanol–water partition coefficient (Wildman–Crippen LogP) is 0.210. The number of carbonyl (C=O) groups is 1. The molecule has 3 aliphatic rings. The second-order valence-corrected chi connectivity index (χ2v) is 8.83. The summed E-state index contributed by atoms with van der Waals surface area (Å²) in [5.74, 6) is 1.13. The minimum Gasteiger partial charge on any atom is -0.486 e. The van der Waals surface area contributed by atoms with E-state index in [0.717, 1.165) is 11.1 Å². The van der Waals surface area contributed by atoms with Gasteiger partial charge in [-0.05, 0) is 30.3 Å². The molecule has 0 saturated carbocycles. The van der Waals surface area contributed by atoms with Crippen LogP contribution < -0.4 is 14.8 Å². The first-order valence-electron chi connectivity index (χ1n) is 9.01. The van der Waals surface area contributed by atoms with Crippen molar-refractivity contribution in [2.75, 3.05) is 53.0 Å². The highest BCUT2D eigenvalue weighted by Crippen LogP contribution is 2.35. The van der Waals surface area contributed by atoms with Crippen LogP contribution in [0, 0.1) is 0 Å². The molecule has 0 fully saturated rings. The maximum atomic E-state index is 13.0. The van der Waals surface area contributed by atoms with Crippen LogP contribution in [-0.4, -0.2) is 76.5 Å². The molecule has 8 nitrogen and oxygen atoms in total. The van der Waals surface area contributed by atoms with Gasteiger partial charge in [0.2, 0.25) is 15.9 Å². The third-order valence-corrected chi connectivity index (χ3v) is 6.88. The zero-order valence-electron chi connectivity index (χ0n) is 15.2. The van der Waals surface area contributed by atoms with Crippen molar-refractivity contribution in [1.82, 2.24) is 14.5 Å². The number of fused-ring (bicyclic) bond motifs is 1. The van der Waals surface area contributed by atoms with Gasteiger partial charge in [-0.1, -0.05) is 0 Å². The molecule has 0 saturated heterocycles. The van der Waals surface area contributed by atoms with Crippen molar-refractivity contribution in [3.8, 4) is 11.5 Å². The highest BCUT2D eigenvalue weighted by Gasteiger charge is 2.37. The summed E-state index contributed by atoms with van der Waals surface area (Å²) in [6.07, 6.45) is 0.455. The average molecular weight is 393 g/mol. The van der Waals surface area contributed by atoms with E-state index < -0.39 is 10.0 Å². The molecule has 3 aliphatic heterocycles. The van der Waals surface area contributed by atoms with Gasteiger partial charge in [0.15, 0.2) is 11.5 Å². The zero-order valence-corrected chi connectivity index (χ0v) is 16.0. The monoisotopic (exact) mass is 393 g/mol. The van der Waals surface area contributed by atoms with Crippen molar-refractivity contribution in [2.45, 2.75) is 11.3 Å². The van der Waals surface area contributed by atoms with Crippen molar-refractivity contribution in [3.63, 3.8) is 0 Å². The molecule has 27 heavy (non-hydrogen) atoms. The zero-order chi connectivity index (χ0) is 19.0. The van der Waals surface area contributed by atoms with E-state index in [9.17, 15) is 13.2 Å². The standard InChI is InChI=1S/C18H23N3O5S/c1-19-5-4-18(22)20-9-13-11-21(12-14(13)10-20)27(23,24)15-2-3-16-17(8-15)26-7-6-25-16/h2-3,8,19H,4-7,9-12H2,1H3. The summed E-state index contributed by atoms with van der Waals surface area (Å²) in [5.41, 5.74) is 2.07. The van der Waals surface area contributed by atoms with Crippen LogP contribution in [0.3, 0.4) is 0 Å². The van der Waals surface area contributed by atoms with E-state index in [1.165, 1.54) is 10.4 Å². The molecule has 0 unspecified atom stereocenters. The number of amides is 1. The Balaban J connectivity index is 1.44. The first-order valence-corrected chi connectivity index (χ1v) is 10.4. The van der Waals surface area contributed by atoms with Crippen molar-refractivity contribution < 1.29 is 22.7 Å². The van der Waals surface area contributed by atoms with Gasteiger partial charge < -0.3 is 19.7 Å². The minimum absolute atomic E-state index is 0.0972. The molecule has 0 aliphatic carbocycles. The van der Waals surface area contributed by atoms with E-state index >= 15 is 0 Å². The average Bonchev–Trinajstić information content (AvgIpc) is 3.25. The van der Waals surface area contributed by atoms with Crippen molar-refractivity contribution in [2.24, 2.45) is 0 Å². The van der Waals surface area contributed by atoms with Gasteiger partial charge in [-0.25, -0.2) is 8.42 Å². The lowest BCUT2D eigenvalue weighted by atomic mass is 10.2. The number of benzene rings is 1. The number of nitrogens with one attached hydrogen (secondary N) is 1. The lowest BCUT2D eigenvalue weighted by Gasteiger charge is -2.24. The first-order chi connectivity index (χ1) is 13.0. The molecule has 1 aromatic carbocycles. The van der Waals surface area contributed by atoms with Crippen molar-refractivity contribution >= 4 is 15.9 Å². The van der Waals surface area contributed by atoms with E-state index in [2.05, 4.69) is 5.32 Å². The summed E-state index contributed by atoms with van der Waals surface area (Å²) >= 11 is 0. The van der Waals surface area contributed by atoms with E-state index in [-0.39, 0.29) is 10.8 Å². The maximum absolute atomic E-state index is 13.0. The van der Waals surface area contributed by atoms with Gasteiger partial charge in [-0.2, -0.15) is 4.31 Å². The molecular weight excluding hydrogens is 370 g/mol. The number of hydrogen-bond donors (Lipinski definition) is 1. The Morgan fingerprint density at radius 3 is 2.41 bits per heavy atom. The van der Waals surface area contributed by atoms with Gasteiger partial charge in [-0.15, -0.1) is 0 Å². The Morgan fingerprint density at radius 2 is 1.74 bits per heavy atom. The highest BCUT2D eigenvalue weighted by atomic mass is 32.2. The van der Waals surface area contributed by atoms with E-state index in [1.807, 2.05) is 7.05 Å². The summed E-state index contributed by atoms with van der Waals surface area (Å²) in [4.78, 5) is 14.2. The molecule has 1 aromatic rings. The van der Waals surface area contributed by atoms with Crippen molar-refractivity contribution in [3.05, 3.63) is 29.3 Å². The number of carbonyl (C=O) groups excluding carboxylic acids is 1. The Hall–Kier alpha value is -2.10. The SMILES string of the molecule is CNCCC(=O)N1CC2=C(C1)CN(S(=O)(=O)c1ccc3c(c1)OCCO3)C2. The molecule has 4 rings (SSSR count). The predicted molar refractivity (Wildman–Crippen MR) is 98.3 cm³/mol. The molecule has 3 heterocycles.